The minimum atomic E-state index is -0.106. The number of nitrogens with zero attached hydrogens (tertiary/aromatic N) is 3. The number of aliphatic hydroxyl groups excluding tert-OH is 2. The predicted octanol–water partition coefficient (Wildman–Crippen LogP) is 2.11. The highest BCUT2D eigenvalue weighted by Gasteiger charge is 2.13. The number of nitrogens with one attached hydrogen (secondary N) is 1. The second-order valence-electron chi connectivity index (χ2n) is 6.00. The maximum absolute atomic E-state index is 9.57. The summed E-state index contributed by atoms with van der Waals surface area (Å²) in [5, 5.41) is 21.7. The van der Waals surface area contributed by atoms with E-state index in [1.807, 2.05) is 28.8 Å². The van der Waals surface area contributed by atoms with Crippen molar-refractivity contribution >= 4 is 16.9 Å². The number of aliphatic hydroxyl groups is 2. The van der Waals surface area contributed by atoms with Gasteiger partial charge in [-0.25, -0.2) is 9.97 Å². The fraction of sp³-hybridized carbons (Fsp3) is 0.368. The highest BCUT2D eigenvalue weighted by molar-refractivity contribution is 5.81. The van der Waals surface area contributed by atoms with Gasteiger partial charge in [-0.3, -0.25) is 4.57 Å². The van der Waals surface area contributed by atoms with Crippen molar-refractivity contribution in [1.29, 1.82) is 0 Å². The Morgan fingerprint density at radius 3 is 2.56 bits per heavy atom. The molecular formula is C19H24N4O4. The van der Waals surface area contributed by atoms with Gasteiger partial charge in [-0.2, -0.15) is 0 Å². The van der Waals surface area contributed by atoms with Crippen molar-refractivity contribution in [2.45, 2.75) is 19.4 Å². The van der Waals surface area contributed by atoms with Crippen LogP contribution in [0, 0.1) is 0 Å². The van der Waals surface area contributed by atoms with E-state index in [9.17, 15) is 5.11 Å². The first-order chi connectivity index (χ1) is 13.2. The van der Waals surface area contributed by atoms with Crippen LogP contribution in [0.1, 0.15) is 18.4 Å². The van der Waals surface area contributed by atoms with Gasteiger partial charge in [0.15, 0.2) is 11.5 Å². The molecule has 144 valence electrons. The Labute approximate surface area is 157 Å². The van der Waals surface area contributed by atoms with Gasteiger partial charge in [0, 0.05) is 30.8 Å². The van der Waals surface area contributed by atoms with Crippen molar-refractivity contribution in [2.75, 3.05) is 32.7 Å². The molecule has 0 saturated carbocycles. The fourth-order valence-electron chi connectivity index (χ4n) is 2.85. The van der Waals surface area contributed by atoms with E-state index in [2.05, 4.69) is 15.3 Å². The van der Waals surface area contributed by atoms with Gasteiger partial charge in [-0.15, -0.1) is 0 Å². The SMILES string of the molecule is COc1cc2ncn(-c3ccc(CO)c(NCCCCO)n3)c2cc1OC. The number of benzene rings is 1. The second kappa shape index (κ2) is 8.70. The number of pyridine rings is 1. The summed E-state index contributed by atoms with van der Waals surface area (Å²) in [6.45, 7) is 0.722. The molecule has 0 atom stereocenters. The zero-order chi connectivity index (χ0) is 19.2. The number of methoxy groups -OCH3 is 2. The van der Waals surface area contributed by atoms with Crippen LogP contribution in [0.5, 0.6) is 11.5 Å². The molecule has 3 N–H and O–H groups in total. The van der Waals surface area contributed by atoms with Crippen LogP contribution in [0.2, 0.25) is 0 Å². The zero-order valence-electron chi connectivity index (χ0n) is 15.5. The summed E-state index contributed by atoms with van der Waals surface area (Å²) in [7, 11) is 3.18. The molecule has 0 saturated heterocycles. The molecule has 0 radical (unpaired) electrons. The Bertz CT molecular complexity index is 910. The van der Waals surface area contributed by atoms with Crippen LogP contribution in [0.25, 0.3) is 16.9 Å². The number of unbranched alkanes of at least 4 members (excludes halogenated alkanes) is 1. The highest BCUT2D eigenvalue weighted by Crippen LogP contribution is 2.32. The first-order valence-corrected chi connectivity index (χ1v) is 8.76. The molecule has 8 nitrogen and oxygen atoms in total. The fourth-order valence-corrected chi connectivity index (χ4v) is 2.85. The topological polar surface area (TPSA) is 102 Å². The van der Waals surface area contributed by atoms with Crippen LogP contribution >= 0.6 is 0 Å². The average molecular weight is 372 g/mol. The summed E-state index contributed by atoms with van der Waals surface area (Å²) in [5.41, 5.74) is 2.31. The van der Waals surface area contributed by atoms with Crippen LogP contribution in [0.4, 0.5) is 5.82 Å². The van der Waals surface area contributed by atoms with Crippen LogP contribution in [-0.2, 0) is 6.61 Å². The average Bonchev–Trinajstić information content (AvgIpc) is 3.12. The van der Waals surface area contributed by atoms with Gasteiger partial charge in [0.1, 0.15) is 18.0 Å². The number of ether oxygens (including phenoxy) is 2. The third-order valence-electron chi connectivity index (χ3n) is 4.31. The second-order valence-corrected chi connectivity index (χ2v) is 6.00. The first-order valence-electron chi connectivity index (χ1n) is 8.76. The Balaban J connectivity index is 1.98. The maximum Gasteiger partial charge on any atom is 0.163 e. The van der Waals surface area contributed by atoms with Gasteiger partial charge < -0.3 is 25.0 Å². The minimum Gasteiger partial charge on any atom is -0.493 e. The normalized spacial score (nSPS) is 11.0. The van der Waals surface area contributed by atoms with E-state index < -0.39 is 0 Å². The lowest BCUT2D eigenvalue weighted by molar-refractivity contribution is 0.281. The van der Waals surface area contributed by atoms with Crippen LogP contribution in [-0.4, -0.2) is 52.1 Å². The first kappa shape index (κ1) is 18.9. The molecule has 3 rings (SSSR count). The standard InChI is InChI=1S/C19H24N4O4/c1-26-16-9-14-15(10-17(16)27-2)23(12-21-14)18-6-5-13(11-25)19(22-18)20-7-3-4-8-24/h5-6,9-10,12,24-25H,3-4,7-8,11H2,1-2H3,(H,20,22). The number of hydrogen-bond acceptors (Lipinski definition) is 7. The lowest BCUT2D eigenvalue weighted by Crippen LogP contribution is -2.09. The molecule has 3 aromatic rings. The Kier molecular flexibility index (Phi) is 6.10. The van der Waals surface area contributed by atoms with Crippen LogP contribution in [0.3, 0.4) is 0 Å². The van der Waals surface area contributed by atoms with Crippen LogP contribution in [0.15, 0.2) is 30.6 Å². The van der Waals surface area contributed by atoms with Gasteiger partial charge in [-0.1, -0.05) is 0 Å². The summed E-state index contributed by atoms with van der Waals surface area (Å²) < 4.78 is 12.6. The summed E-state index contributed by atoms with van der Waals surface area (Å²) in [6, 6.07) is 7.35. The summed E-state index contributed by atoms with van der Waals surface area (Å²) in [6.07, 6.45) is 3.23. The molecule has 0 unspecified atom stereocenters. The van der Waals surface area contributed by atoms with E-state index >= 15 is 0 Å². The third-order valence-corrected chi connectivity index (χ3v) is 4.31. The number of hydrogen-bond donors (Lipinski definition) is 3. The number of anilines is 1. The smallest absolute Gasteiger partial charge is 0.163 e. The minimum absolute atomic E-state index is 0.106. The molecular weight excluding hydrogens is 348 g/mol. The predicted molar refractivity (Wildman–Crippen MR) is 103 cm³/mol. The molecule has 0 aliphatic rings. The molecule has 2 heterocycles. The summed E-state index contributed by atoms with van der Waals surface area (Å²) in [5.74, 6) is 2.52. The lowest BCUT2D eigenvalue weighted by Gasteiger charge is -2.13. The quantitative estimate of drug-likeness (QED) is 0.495. The van der Waals surface area contributed by atoms with Crippen molar-refractivity contribution < 1.29 is 19.7 Å². The van der Waals surface area contributed by atoms with Gasteiger partial charge in [0.2, 0.25) is 0 Å². The Morgan fingerprint density at radius 2 is 1.85 bits per heavy atom. The third kappa shape index (κ3) is 3.96. The van der Waals surface area contributed by atoms with E-state index in [0.717, 1.165) is 23.9 Å². The van der Waals surface area contributed by atoms with Crippen LogP contribution < -0.4 is 14.8 Å². The Hall–Kier alpha value is -2.84. The van der Waals surface area contributed by atoms with E-state index in [-0.39, 0.29) is 13.2 Å². The van der Waals surface area contributed by atoms with Crippen molar-refractivity contribution in [2.24, 2.45) is 0 Å². The molecule has 0 amide bonds. The van der Waals surface area contributed by atoms with E-state index in [0.29, 0.717) is 35.2 Å². The number of imidazole rings is 1. The maximum atomic E-state index is 9.57. The largest absolute Gasteiger partial charge is 0.493 e. The van der Waals surface area contributed by atoms with Crippen molar-refractivity contribution in [3.63, 3.8) is 0 Å². The van der Waals surface area contributed by atoms with Crippen molar-refractivity contribution in [3.8, 4) is 17.3 Å². The molecule has 27 heavy (non-hydrogen) atoms. The zero-order valence-corrected chi connectivity index (χ0v) is 15.5. The van der Waals surface area contributed by atoms with E-state index in [4.69, 9.17) is 14.6 Å². The molecule has 0 bridgehead atoms. The molecule has 8 heteroatoms. The number of fused-ring (bicyclic) bond motifs is 1. The molecule has 0 aliphatic heterocycles. The van der Waals surface area contributed by atoms with Crippen molar-refractivity contribution in [3.05, 3.63) is 36.2 Å². The molecule has 1 aromatic carbocycles. The highest BCUT2D eigenvalue weighted by atomic mass is 16.5. The molecule has 0 fully saturated rings. The molecule has 0 spiro atoms. The van der Waals surface area contributed by atoms with Gasteiger partial charge in [0.25, 0.3) is 0 Å². The van der Waals surface area contributed by atoms with E-state index in [1.54, 1.807) is 20.5 Å². The van der Waals surface area contributed by atoms with Gasteiger partial charge in [0.05, 0.1) is 31.9 Å². The Morgan fingerprint density at radius 1 is 1.07 bits per heavy atom. The van der Waals surface area contributed by atoms with Crippen molar-refractivity contribution in [1.82, 2.24) is 14.5 Å². The molecule has 2 aromatic heterocycles. The summed E-state index contributed by atoms with van der Waals surface area (Å²) in [4.78, 5) is 9.08. The van der Waals surface area contributed by atoms with Gasteiger partial charge in [-0.05, 0) is 25.0 Å². The van der Waals surface area contributed by atoms with Gasteiger partial charge >= 0.3 is 0 Å². The molecule has 0 aliphatic carbocycles. The number of aromatic nitrogens is 3. The summed E-state index contributed by atoms with van der Waals surface area (Å²) >= 11 is 0. The number of rotatable bonds is 9. The monoisotopic (exact) mass is 372 g/mol. The lowest BCUT2D eigenvalue weighted by atomic mass is 10.2. The van der Waals surface area contributed by atoms with E-state index in [1.165, 1.54) is 0 Å².